The second-order valence-corrected chi connectivity index (χ2v) is 5.46. The second-order valence-electron chi connectivity index (χ2n) is 5.06. The summed E-state index contributed by atoms with van der Waals surface area (Å²) in [5.74, 6) is 0.437. The molecule has 0 saturated heterocycles. The number of hydrazine groups is 1. The van der Waals surface area contributed by atoms with E-state index in [9.17, 15) is 9.59 Å². The van der Waals surface area contributed by atoms with Crippen LogP contribution in [0.25, 0.3) is 0 Å². The lowest BCUT2D eigenvalue weighted by molar-refractivity contribution is -0.130. The SMILES string of the molecule is Cc1cc(OCC(=O)NNC(=O)[C@@H]2C[C@@H]2C)ccc1Cl. The van der Waals surface area contributed by atoms with Crippen LogP contribution >= 0.6 is 11.6 Å². The standard InChI is InChI=1S/C14H17ClN2O3/c1-8-6-11(8)14(19)17-16-13(18)7-20-10-3-4-12(15)9(2)5-10/h3-5,8,11H,6-7H2,1-2H3,(H,16,18)(H,17,19)/t8-,11+/m0/s1. The largest absolute Gasteiger partial charge is 0.484 e. The molecule has 2 rings (SSSR count). The van der Waals surface area contributed by atoms with Gasteiger partial charge in [0.2, 0.25) is 5.91 Å². The third kappa shape index (κ3) is 3.87. The molecular formula is C14H17ClN2O3. The lowest BCUT2D eigenvalue weighted by atomic mass is 10.2. The van der Waals surface area contributed by atoms with Crippen molar-refractivity contribution < 1.29 is 14.3 Å². The number of hydrogen-bond donors (Lipinski definition) is 2. The smallest absolute Gasteiger partial charge is 0.276 e. The van der Waals surface area contributed by atoms with Crippen LogP contribution in [0.15, 0.2) is 18.2 Å². The molecule has 2 amide bonds. The van der Waals surface area contributed by atoms with Gasteiger partial charge in [0, 0.05) is 10.9 Å². The molecule has 5 nitrogen and oxygen atoms in total. The van der Waals surface area contributed by atoms with Crippen molar-refractivity contribution in [3.05, 3.63) is 28.8 Å². The van der Waals surface area contributed by atoms with Crippen LogP contribution in [0.3, 0.4) is 0 Å². The molecule has 0 radical (unpaired) electrons. The molecule has 20 heavy (non-hydrogen) atoms. The van der Waals surface area contributed by atoms with Gasteiger partial charge in [-0.3, -0.25) is 20.4 Å². The molecule has 0 aliphatic heterocycles. The van der Waals surface area contributed by atoms with E-state index in [0.717, 1.165) is 12.0 Å². The van der Waals surface area contributed by atoms with Gasteiger partial charge in [0.15, 0.2) is 6.61 Å². The Hall–Kier alpha value is -1.75. The fraction of sp³-hybridized carbons (Fsp3) is 0.429. The first-order valence-corrected chi connectivity index (χ1v) is 6.83. The van der Waals surface area contributed by atoms with Gasteiger partial charge in [-0.15, -0.1) is 0 Å². The van der Waals surface area contributed by atoms with E-state index in [1.54, 1.807) is 18.2 Å². The average molecular weight is 297 g/mol. The molecule has 1 aromatic carbocycles. The molecule has 2 atom stereocenters. The van der Waals surface area contributed by atoms with Crippen molar-refractivity contribution in [2.75, 3.05) is 6.61 Å². The predicted octanol–water partition coefficient (Wildman–Crippen LogP) is 1.83. The predicted molar refractivity (Wildman–Crippen MR) is 75.2 cm³/mol. The molecule has 0 aromatic heterocycles. The van der Waals surface area contributed by atoms with E-state index < -0.39 is 5.91 Å². The molecule has 108 valence electrons. The van der Waals surface area contributed by atoms with Crippen molar-refractivity contribution in [2.24, 2.45) is 11.8 Å². The summed E-state index contributed by atoms with van der Waals surface area (Å²) in [7, 11) is 0. The fourth-order valence-corrected chi connectivity index (χ4v) is 1.92. The number of carbonyl (C=O) groups excluding carboxylic acids is 2. The number of carbonyl (C=O) groups is 2. The summed E-state index contributed by atoms with van der Waals surface area (Å²) < 4.78 is 5.31. The van der Waals surface area contributed by atoms with Gasteiger partial charge in [0.05, 0.1) is 0 Å². The van der Waals surface area contributed by atoms with Gasteiger partial charge >= 0.3 is 0 Å². The van der Waals surface area contributed by atoms with E-state index in [4.69, 9.17) is 16.3 Å². The molecular weight excluding hydrogens is 280 g/mol. The molecule has 6 heteroatoms. The van der Waals surface area contributed by atoms with Gasteiger partial charge in [-0.05, 0) is 43.0 Å². The Kier molecular flexibility index (Phi) is 4.49. The number of benzene rings is 1. The first kappa shape index (κ1) is 14.7. The molecule has 0 bridgehead atoms. The number of nitrogens with one attached hydrogen (secondary N) is 2. The molecule has 1 aromatic rings. The van der Waals surface area contributed by atoms with Crippen molar-refractivity contribution in [1.82, 2.24) is 10.9 Å². The first-order valence-electron chi connectivity index (χ1n) is 6.45. The van der Waals surface area contributed by atoms with Crippen molar-refractivity contribution in [3.63, 3.8) is 0 Å². The zero-order valence-electron chi connectivity index (χ0n) is 11.4. The van der Waals surface area contributed by atoms with Crippen LogP contribution in [-0.4, -0.2) is 18.4 Å². The van der Waals surface area contributed by atoms with Gasteiger partial charge in [-0.25, -0.2) is 0 Å². The van der Waals surface area contributed by atoms with Crippen LogP contribution in [0.1, 0.15) is 18.9 Å². The Balaban J connectivity index is 1.72. The lowest BCUT2D eigenvalue weighted by Gasteiger charge is -2.09. The fourth-order valence-electron chi connectivity index (χ4n) is 1.80. The second kappa shape index (κ2) is 6.13. The van der Waals surface area contributed by atoms with Crippen LogP contribution in [0.2, 0.25) is 5.02 Å². The summed E-state index contributed by atoms with van der Waals surface area (Å²) in [6, 6.07) is 5.15. The maximum absolute atomic E-state index is 11.5. The number of ether oxygens (including phenoxy) is 1. The van der Waals surface area contributed by atoms with E-state index >= 15 is 0 Å². The summed E-state index contributed by atoms with van der Waals surface area (Å²) in [6.07, 6.45) is 0.877. The summed E-state index contributed by atoms with van der Waals surface area (Å²) in [6.45, 7) is 3.69. The van der Waals surface area contributed by atoms with E-state index in [-0.39, 0.29) is 18.4 Å². The Labute approximate surface area is 122 Å². The highest BCUT2D eigenvalue weighted by Gasteiger charge is 2.39. The highest BCUT2D eigenvalue weighted by Crippen LogP contribution is 2.37. The maximum atomic E-state index is 11.5. The summed E-state index contributed by atoms with van der Waals surface area (Å²) in [4.78, 5) is 23.0. The van der Waals surface area contributed by atoms with Gasteiger partial charge < -0.3 is 4.74 Å². The average Bonchev–Trinajstić information content (AvgIpc) is 3.14. The molecule has 1 aliphatic carbocycles. The molecule has 1 fully saturated rings. The number of rotatable bonds is 4. The molecule has 0 spiro atoms. The van der Waals surface area contributed by atoms with Gasteiger partial charge in [-0.2, -0.15) is 0 Å². The quantitative estimate of drug-likeness (QED) is 0.833. The third-order valence-corrected chi connectivity index (χ3v) is 3.69. The number of amides is 2. The number of halogens is 1. The van der Waals surface area contributed by atoms with E-state index in [0.29, 0.717) is 16.7 Å². The summed E-state index contributed by atoms with van der Waals surface area (Å²) in [5.41, 5.74) is 5.60. The van der Waals surface area contributed by atoms with Crippen molar-refractivity contribution >= 4 is 23.4 Å². The summed E-state index contributed by atoms with van der Waals surface area (Å²) in [5, 5.41) is 0.646. The zero-order chi connectivity index (χ0) is 14.7. The third-order valence-electron chi connectivity index (χ3n) is 3.27. The monoisotopic (exact) mass is 296 g/mol. The van der Waals surface area contributed by atoms with E-state index in [1.807, 2.05) is 13.8 Å². The minimum atomic E-state index is -0.403. The minimum Gasteiger partial charge on any atom is -0.484 e. The Morgan fingerprint density at radius 3 is 2.70 bits per heavy atom. The van der Waals surface area contributed by atoms with Crippen molar-refractivity contribution in [2.45, 2.75) is 20.3 Å². The van der Waals surface area contributed by atoms with Gasteiger partial charge in [-0.1, -0.05) is 18.5 Å². The minimum absolute atomic E-state index is 0.0233. The van der Waals surface area contributed by atoms with Crippen LogP contribution in [-0.2, 0) is 9.59 Å². The topological polar surface area (TPSA) is 67.4 Å². The Morgan fingerprint density at radius 2 is 2.10 bits per heavy atom. The van der Waals surface area contributed by atoms with Crippen molar-refractivity contribution in [3.8, 4) is 5.75 Å². The van der Waals surface area contributed by atoms with Gasteiger partial charge in [0.25, 0.3) is 5.91 Å². The molecule has 1 saturated carbocycles. The van der Waals surface area contributed by atoms with Crippen LogP contribution in [0.5, 0.6) is 5.75 Å². The van der Waals surface area contributed by atoms with E-state index in [2.05, 4.69) is 10.9 Å². The Bertz CT molecular complexity index is 533. The first-order chi connectivity index (χ1) is 9.47. The highest BCUT2D eigenvalue weighted by molar-refractivity contribution is 6.31. The van der Waals surface area contributed by atoms with Crippen LogP contribution in [0.4, 0.5) is 0 Å². The summed E-state index contributed by atoms with van der Waals surface area (Å²) >= 11 is 5.89. The van der Waals surface area contributed by atoms with E-state index in [1.165, 1.54) is 0 Å². The normalized spacial score (nSPS) is 20.1. The van der Waals surface area contributed by atoms with Crippen LogP contribution < -0.4 is 15.6 Å². The van der Waals surface area contributed by atoms with Gasteiger partial charge in [0.1, 0.15) is 5.75 Å². The zero-order valence-corrected chi connectivity index (χ0v) is 12.2. The molecule has 2 N–H and O–H groups in total. The van der Waals surface area contributed by atoms with Crippen molar-refractivity contribution in [1.29, 1.82) is 0 Å². The molecule has 0 unspecified atom stereocenters. The maximum Gasteiger partial charge on any atom is 0.276 e. The number of hydrogen-bond acceptors (Lipinski definition) is 3. The highest BCUT2D eigenvalue weighted by atomic mass is 35.5. The lowest BCUT2D eigenvalue weighted by Crippen LogP contribution is -2.44. The molecule has 0 heterocycles. The Morgan fingerprint density at radius 1 is 1.40 bits per heavy atom. The molecule has 1 aliphatic rings. The van der Waals surface area contributed by atoms with Crippen LogP contribution in [0, 0.1) is 18.8 Å². The number of aryl methyl sites for hydroxylation is 1.